The highest BCUT2D eigenvalue weighted by molar-refractivity contribution is 6.09. The molecule has 0 atom stereocenters. The number of benzene rings is 2. The van der Waals surface area contributed by atoms with Crippen molar-refractivity contribution < 1.29 is 14.0 Å². The molecule has 0 aliphatic carbocycles. The Kier molecular flexibility index (Phi) is 5.34. The van der Waals surface area contributed by atoms with Crippen LogP contribution >= 0.6 is 0 Å². The molecule has 2 aromatic carbocycles. The van der Waals surface area contributed by atoms with Gasteiger partial charge in [0.25, 0.3) is 0 Å². The zero-order valence-corrected chi connectivity index (χ0v) is 14.0. The Balaban J connectivity index is 2.08. The summed E-state index contributed by atoms with van der Waals surface area (Å²) in [5.41, 5.74) is -0.279. The number of carbonyl (C=O) groups is 2. The third kappa shape index (κ3) is 3.98. The Morgan fingerprint density at radius 1 is 1.04 bits per heavy atom. The van der Waals surface area contributed by atoms with Gasteiger partial charge in [-0.05, 0) is 31.5 Å². The minimum atomic E-state index is -1.31. The van der Waals surface area contributed by atoms with Gasteiger partial charge in [-0.25, -0.2) is 4.39 Å². The fourth-order valence-electron chi connectivity index (χ4n) is 2.34. The van der Waals surface area contributed by atoms with Crippen molar-refractivity contribution in [3.05, 3.63) is 66.0 Å². The molecule has 2 rings (SSSR count). The predicted octanol–water partition coefficient (Wildman–Crippen LogP) is 3.45. The summed E-state index contributed by atoms with van der Waals surface area (Å²) in [7, 11) is 1.65. The number of rotatable bonds is 5. The van der Waals surface area contributed by atoms with Crippen LogP contribution in [0.4, 0.5) is 10.1 Å². The number of halogens is 1. The molecule has 0 radical (unpaired) electrons. The molecule has 0 heterocycles. The van der Waals surface area contributed by atoms with Gasteiger partial charge in [0.2, 0.25) is 11.8 Å². The maximum atomic E-state index is 13.7. The Bertz CT molecular complexity index is 729. The third-order valence-electron chi connectivity index (χ3n) is 3.83. The number of amides is 2. The smallest absolute Gasteiger partial charge is 0.239 e. The minimum absolute atomic E-state index is 0.0640. The minimum Gasteiger partial charge on any atom is -0.341 e. The van der Waals surface area contributed by atoms with Crippen molar-refractivity contribution in [1.29, 1.82) is 0 Å². The fraction of sp³-hybridized carbons (Fsp3) is 0.263. The van der Waals surface area contributed by atoms with Gasteiger partial charge >= 0.3 is 0 Å². The molecule has 2 amide bonds. The molecule has 0 saturated carbocycles. The van der Waals surface area contributed by atoms with Crippen LogP contribution in [0.2, 0.25) is 0 Å². The fourth-order valence-corrected chi connectivity index (χ4v) is 2.34. The van der Waals surface area contributed by atoms with Crippen molar-refractivity contribution >= 4 is 17.5 Å². The van der Waals surface area contributed by atoms with Crippen molar-refractivity contribution in [2.75, 3.05) is 12.4 Å². The lowest BCUT2D eigenvalue weighted by atomic mass is 9.90. The van der Waals surface area contributed by atoms with Crippen LogP contribution in [0.25, 0.3) is 0 Å². The zero-order chi connectivity index (χ0) is 17.7. The van der Waals surface area contributed by atoms with E-state index in [9.17, 15) is 14.0 Å². The van der Waals surface area contributed by atoms with Gasteiger partial charge in [-0.1, -0.05) is 42.5 Å². The van der Waals surface area contributed by atoms with Gasteiger partial charge in [0, 0.05) is 13.6 Å². The molecule has 126 valence electrons. The number of carbonyl (C=O) groups excluding carboxylic acids is 2. The van der Waals surface area contributed by atoms with Crippen LogP contribution in [-0.4, -0.2) is 23.8 Å². The highest BCUT2D eigenvalue weighted by Crippen LogP contribution is 2.23. The van der Waals surface area contributed by atoms with Crippen LogP contribution in [0.5, 0.6) is 0 Å². The Labute approximate surface area is 141 Å². The molecule has 0 saturated heterocycles. The Morgan fingerprint density at radius 3 is 2.25 bits per heavy atom. The number of hydrogen-bond donors (Lipinski definition) is 1. The lowest BCUT2D eigenvalue weighted by Crippen LogP contribution is -2.45. The predicted molar refractivity (Wildman–Crippen MR) is 91.7 cm³/mol. The molecule has 0 fully saturated rings. The molecule has 24 heavy (non-hydrogen) atoms. The summed E-state index contributed by atoms with van der Waals surface area (Å²) in [4.78, 5) is 26.6. The second-order valence-electron chi connectivity index (χ2n) is 6.21. The summed E-state index contributed by atoms with van der Waals surface area (Å²) in [6, 6.07) is 15.4. The van der Waals surface area contributed by atoms with Crippen LogP contribution in [0.3, 0.4) is 0 Å². The van der Waals surface area contributed by atoms with E-state index in [0.29, 0.717) is 6.54 Å². The van der Waals surface area contributed by atoms with Crippen LogP contribution in [0.15, 0.2) is 54.6 Å². The van der Waals surface area contributed by atoms with Gasteiger partial charge in [-0.3, -0.25) is 9.59 Å². The van der Waals surface area contributed by atoms with E-state index in [1.807, 2.05) is 30.3 Å². The molecule has 0 aliphatic rings. The first-order valence-electron chi connectivity index (χ1n) is 7.68. The first kappa shape index (κ1) is 17.7. The van der Waals surface area contributed by atoms with E-state index in [-0.39, 0.29) is 11.6 Å². The summed E-state index contributed by atoms with van der Waals surface area (Å²) in [6.45, 7) is 3.47. The van der Waals surface area contributed by atoms with E-state index < -0.39 is 17.1 Å². The third-order valence-corrected chi connectivity index (χ3v) is 3.83. The lowest BCUT2D eigenvalue weighted by Gasteiger charge is -2.28. The van der Waals surface area contributed by atoms with E-state index >= 15 is 0 Å². The number of hydrogen-bond acceptors (Lipinski definition) is 2. The maximum absolute atomic E-state index is 13.7. The average molecular weight is 328 g/mol. The second kappa shape index (κ2) is 7.25. The number of nitrogens with zero attached hydrogens (tertiary/aromatic N) is 1. The number of nitrogens with one attached hydrogen (secondary N) is 1. The Morgan fingerprint density at radius 2 is 1.62 bits per heavy atom. The molecular weight excluding hydrogens is 307 g/mol. The summed E-state index contributed by atoms with van der Waals surface area (Å²) >= 11 is 0. The van der Waals surface area contributed by atoms with E-state index in [1.165, 1.54) is 36.9 Å². The normalized spacial score (nSPS) is 11.0. The summed E-state index contributed by atoms with van der Waals surface area (Å²) in [6.07, 6.45) is 0. The van der Waals surface area contributed by atoms with E-state index in [2.05, 4.69) is 5.32 Å². The lowest BCUT2D eigenvalue weighted by molar-refractivity contribution is -0.145. The molecule has 0 spiro atoms. The molecule has 0 bridgehead atoms. The largest absolute Gasteiger partial charge is 0.341 e. The SMILES string of the molecule is CN(Cc1ccccc1)C(=O)C(C)(C)C(=O)Nc1ccccc1F. The van der Waals surface area contributed by atoms with Gasteiger partial charge < -0.3 is 10.2 Å². The summed E-state index contributed by atoms with van der Waals surface area (Å²) in [5.74, 6) is -1.41. The molecule has 0 aromatic heterocycles. The van der Waals surface area contributed by atoms with E-state index in [1.54, 1.807) is 13.1 Å². The van der Waals surface area contributed by atoms with Gasteiger partial charge in [-0.2, -0.15) is 0 Å². The maximum Gasteiger partial charge on any atom is 0.239 e. The van der Waals surface area contributed by atoms with Crippen LogP contribution in [0, 0.1) is 11.2 Å². The first-order chi connectivity index (χ1) is 11.3. The van der Waals surface area contributed by atoms with E-state index in [0.717, 1.165) is 5.56 Å². The van der Waals surface area contributed by atoms with Crippen LogP contribution in [-0.2, 0) is 16.1 Å². The molecular formula is C19H21FN2O2. The molecule has 4 nitrogen and oxygen atoms in total. The highest BCUT2D eigenvalue weighted by Gasteiger charge is 2.38. The van der Waals surface area contributed by atoms with Crippen molar-refractivity contribution in [2.45, 2.75) is 20.4 Å². The Hall–Kier alpha value is -2.69. The van der Waals surface area contributed by atoms with Crippen LogP contribution in [0.1, 0.15) is 19.4 Å². The second-order valence-corrected chi connectivity index (χ2v) is 6.21. The summed E-state index contributed by atoms with van der Waals surface area (Å²) in [5, 5.41) is 2.49. The molecule has 1 N–H and O–H groups in total. The molecule has 2 aromatic rings. The average Bonchev–Trinajstić information content (AvgIpc) is 2.57. The summed E-state index contributed by atoms with van der Waals surface area (Å²) < 4.78 is 13.7. The monoisotopic (exact) mass is 328 g/mol. The van der Waals surface area contributed by atoms with Gasteiger partial charge in [0.15, 0.2) is 0 Å². The molecule has 0 unspecified atom stereocenters. The highest BCUT2D eigenvalue weighted by atomic mass is 19.1. The number of anilines is 1. The van der Waals surface area contributed by atoms with Gasteiger partial charge in [0.1, 0.15) is 11.2 Å². The van der Waals surface area contributed by atoms with Crippen molar-refractivity contribution in [2.24, 2.45) is 5.41 Å². The number of para-hydroxylation sites is 1. The van der Waals surface area contributed by atoms with Gasteiger partial charge in [-0.15, -0.1) is 0 Å². The standard InChI is InChI=1S/C19H21FN2O2/c1-19(2,17(23)21-16-12-8-7-11-15(16)20)18(24)22(3)13-14-9-5-4-6-10-14/h4-12H,13H2,1-3H3,(H,21,23). The zero-order valence-electron chi connectivity index (χ0n) is 14.0. The quantitative estimate of drug-likeness (QED) is 0.855. The van der Waals surface area contributed by atoms with E-state index in [4.69, 9.17) is 0 Å². The van der Waals surface area contributed by atoms with Crippen molar-refractivity contribution in [3.63, 3.8) is 0 Å². The van der Waals surface area contributed by atoms with Crippen molar-refractivity contribution in [1.82, 2.24) is 4.90 Å². The molecule has 0 aliphatic heterocycles. The first-order valence-corrected chi connectivity index (χ1v) is 7.68. The topological polar surface area (TPSA) is 49.4 Å². The van der Waals surface area contributed by atoms with Crippen molar-refractivity contribution in [3.8, 4) is 0 Å². The molecule has 5 heteroatoms. The van der Waals surface area contributed by atoms with Gasteiger partial charge in [0.05, 0.1) is 5.69 Å². The van der Waals surface area contributed by atoms with Crippen LogP contribution < -0.4 is 5.32 Å².